The first kappa shape index (κ1) is 23.1. The Balaban J connectivity index is 0.000000305. The van der Waals surface area contributed by atoms with Crippen molar-refractivity contribution in [3.05, 3.63) is 59.7 Å². The quantitative estimate of drug-likeness (QED) is 0.327. The van der Waals surface area contributed by atoms with Crippen LogP contribution >= 0.6 is 0 Å². The van der Waals surface area contributed by atoms with Crippen molar-refractivity contribution in [3.8, 4) is 6.07 Å². The number of amidine groups is 1. The Morgan fingerprint density at radius 3 is 2.09 bits per heavy atom. The molecule has 0 radical (unpaired) electrons. The number of amides is 2. The van der Waals surface area contributed by atoms with Crippen LogP contribution in [0.1, 0.15) is 50.5 Å². The first-order valence-corrected chi connectivity index (χ1v) is 10.9. The molecular weight excluding hydrogens is 406 g/mol. The van der Waals surface area contributed by atoms with E-state index in [4.69, 9.17) is 16.2 Å². The van der Waals surface area contributed by atoms with Crippen molar-refractivity contribution in [2.75, 3.05) is 13.1 Å². The van der Waals surface area contributed by atoms with Gasteiger partial charge in [0.05, 0.1) is 11.6 Å². The maximum atomic E-state index is 12.6. The van der Waals surface area contributed by atoms with Crippen LogP contribution in [-0.2, 0) is 9.59 Å². The van der Waals surface area contributed by atoms with E-state index in [1.807, 2.05) is 40.1 Å². The van der Waals surface area contributed by atoms with Crippen LogP contribution in [0.4, 0.5) is 0 Å². The van der Waals surface area contributed by atoms with E-state index in [-0.39, 0.29) is 17.6 Å². The average molecular weight is 436 g/mol. The summed E-state index contributed by atoms with van der Waals surface area (Å²) < 4.78 is 0. The molecule has 0 atom stereocenters. The van der Waals surface area contributed by atoms with Crippen LogP contribution in [0.15, 0.2) is 59.3 Å². The number of rotatable bonds is 3. The third-order valence-corrected chi connectivity index (χ3v) is 6.03. The fourth-order valence-electron chi connectivity index (χ4n) is 4.42. The molecule has 0 saturated carbocycles. The minimum atomic E-state index is -0.839. The molecule has 2 saturated heterocycles. The summed E-state index contributed by atoms with van der Waals surface area (Å²) in [5.74, 6) is 0.146. The zero-order chi connectivity index (χ0) is 23.0. The first-order chi connectivity index (χ1) is 15.5. The number of allylic oxidation sites excluding steroid dienone is 2. The normalized spacial score (nSPS) is 20.7. The van der Waals surface area contributed by atoms with Crippen LogP contribution in [0.5, 0.6) is 0 Å². The fraction of sp³-hybridized carbons (Fsp3) is 0.417. The summed E-state index contributed by atoms with van der Waals surface area (Å²) in [6.45, 7) is 1.24. The Hall–Kier alpha value is -3.60. The van der Waals surface area contributed by atoms with Crippen molar-refractivity contribution in [3.63, 3.8) is 0 Å². The van der Waals surface area contributed by atoms with Crippen molar-refractivity contribution in [1.82, 2.24) is 9.80 Å². The molecule has 3 aliphatic rings. The highest BCUT2D eigenvalue weighted by atomic mass is 16.4. The van der Waals surface area contributed by atoms with E-state index < -0.39 is 5.66 Å². The summed E-state index contributed by atoms with van der Waals surface area (Å²) >= 11 is 0. The molecule has 2 aliphatic heterocycles. The summed E-state index contributed by atoms with van der Waals surface area (Å²) in [7, 11) is 0. The number of nitriles is 1. The van der Waals surface area contributed by atoms with E-state index in [0.29, 0.717) is 43.5 Å². The van der Waals surface area contributed by atoms with Gasteiger partial charge in [-0.15, -0.1) is 0 Å². The Kier molecular flexibility index (Phi) is 7.66. The second-order valence-electron chi connectivity index (χ2n) is 8.07. The number of benzene rings is 1. The number of nitrogens with zero attached hydrogens (tertiary/aromatic N) is 4. The summed E-state index contributed by atoms with van der Waals surface area (Å²) in [6.07, 6.45) is 10.5. The molecule has 0 spiro atoms. The van der Waals surface area contributed by atoms with Gasteiger partial charge in [0.25, 0.3) is 0 Å². The second-order valence-corrected chi connectivity index (χ2v) is 8.07. The van der Waals surface area contributed by atoms with Crippen LogP contribution in [0.2, 0.25) is 0 Å². The molecule has 0 bridgehead atoms. The molecule has 8 heteroatoms. The summed E-state index contributed by atoms with van der Waals surface area (Å²) in [5, 5.41) is 20.4. The molecule has 32 heavy (non-hydrogen) atoms. The zero-order valence-corrected chi connectivity index (χ0v) is 18.1. The van der Waals surface area contributed by atoms with E-state index in [1.165, 1.54) is 0 Å². The Morgan fingerprint density at radius 2 is 1.62 bits per heavy atom. The van der Waals surface area contributed by atoms with Gasteiger partial charge in [0.1, 0.15) is 5.66 Å². The molecule has 2 heterocycles. The number of oxime groups is 1. The highest BCUT2D eigenvalue weighted by Crippen LogP contribution is 2.37. The van der Waals surface area contributed by atoms with Gasteiger partial charge >= 0.3 is 0 Å². The summed E-state index contributed by atoms with van der Waals surface area (Å²) in [6, 6.07) is 11.2. The second kappa shape index (κ2) is 10.6. The maximum Gasteiger partial charge on any atom is 0.224 e. The lowest BCUT2D eigenvalue weighted by Crippen LogP contribution is -2.65. The van der Waals surface area contributed by atoms with Gasteiger partial charge in [0.15, 0.2) is 5.84 Å². The van der Waals surface area contributed by atoms with Gasteiger partial charge in [-0.3, -0.25) is 9.59 Å². The summed E-state index contributed by atoms with van der Waals surface area (Å²) in [5.41, 5.74) is 6.30. The van der Waals surface area contributed by atoms with E-state index in [1.54, 1.807) is 24.3 Å². The molecule has 3 N–H and O–H groups in total. The number of hydrogen-bond donors (Lipinski definition) is 2. The Labute approximate surface area is 188 Å². The molecule has 1 aromatic rings. The number of piperidine rings is 2. The number of hydrogen-bond acceptors (Lipinski definition) is 5. The highest BCUT2D eigenvalue weighted by Gasteiger charge is 2.47. The largest absolute Gasteiger partial charge is 0.409 e. The molecule has 0 aromatic heterocycles. The van der Waals surface area contributed by atoms with Gasteiger partial charge in [-0.1, -0.05) is 35.5 Å². The van der Waals surface area contributed by atoms with Gasteiger partial charge in [0.2, 0.25) is 11.8 Å². The number of carbonyl (C=O) groups is 2. The van der Waals surface area contributed by atoms with Crippen molar-refractivity contribution < 1.29 is 14.8 Å². The van der Waals surface area contributed by atoms with E-state index >= 15 is 0 Å². The minimum absolute atomic E-state index is 0.0256. The smallest absolute Gasteiger partial charge is 0.224 e. The summed E-state index contributed by atoms with van der Waals surface area (Å²) in [4.78, 5) is 28.9. The monoisotopic (exact) mass is 435 g/mol. The molecule has 1 aromatic carbocycles. The van der Waals surface area contributed by atoms with Gasteiger partial charge in [-0.2, -0.15) is 5.26 Å². The maximum absolute atomic E-state index is 12.6. The van der Waals surface area contributed by atoms with Crippen molar-refractivity contribution >= 4 is 17.6 Å². The molecule has 1 aliphatic carbocycles. The molecule has 2 fully saturated rings. The molecule has 8 nitrogen and oxygen atoms in total. The minimum Gasteiger partial charge on any atom is -0.409 e. The lowest BCUT2D eigenvalue weighted by atomic mass is 9.87. The average Bonchev–Trinajstić information content (AvgIpc) is 2.85. The topological polar surface area (TPSA) is 123 Å². The molecule has 0 unspecified atom stereocenters. The van der Waals surface area contributed by atoms with Crippen molar-refractivity contribution in [2.45, 2.75) is 50.6 Å². The Morgan fingerprint density at radius 1 is 1.03 bits per heavy atom. The lowest BCUT2D eigenvalue weighted by Gasteiger charge is -2.52. The molecule has 4 rings (SSSR count). The predicted octanol–water partition coefficient (Wildman–Crippen LogP) is 2.90. The van der Waals surface area contributed by atoms with Gasteiger partial charge in [-0.05, 0) is 43.9 Å². The van der Waals surface area contributed by atoms with Crippen LogP contribution in [0.25, 0.3) is 0 Å². The SMILES string of the molecule is N#Cc1ccccc1.NC(=NO)C1=CC=CC(N2CCCCC2=O)(N2CCCCC2=O)C1. The third-order valence-electron chi connectivity index (χ3n) is 6.03. The van der Waals surface area contributed by atoms with E-state index in [2.05, 4.69) is 5.16 Å². The van der Waals surface area contributed by atoms with Crippen LogP contribution in [0, 0.1) is 11.3 Å². The molecular formula is C24H29N5O3. The van der Waals surface area contributed by atoms with Crippen LogP contribution in [-0.4, -0.2) is 51.4 Å². The highest BCUT2D eigenvalue weighted by molar-refractivity contribution is 5.97. The van der Waals surface area contributed by atoms with Gasteiger partial charge in [-0.25, -0.2) is 0 Å². The third kappa shape index (κ3) is 4.99. The van der Waals surface area contributed by atoms with E-state index in [9.17, 15) is 9.59 Å². The van der Waals surface area contributed by atoms with Crippen molar-refractivity contribution in [1.29, 1.82) is 5.26 Å². The van der Waals surface area contributed by atoms with Crippen LogP contribution in [0.3, 0.4) is 0 Å². The van der Waals surface area contributed by atoms with Gasteiger partial charge < -0.3 is 20.7 Å². The number of likely N-dealkylation sites (tertiary alicyclic amines) is 2. The van der Waals surface area contributed by atoms with Crippen LogP contribution < -0.4 is 5.73 Å². The predicted molar refractivity (Wildman–Crippen MR) is 120 cm³/mol. The van der Waals surface area contributed by atoms with E-state index in [0.717, 1.165) is 25.7 Å². The number of carbonyl (C=O) groups excluding carboxylic acids is 2. The molecule has 2 amide bonds. The Bertz CT molecular complexity index is 934. The lowest BCUT2D eigenvalue weighted by molar-refractivity contribution is -0.158. The zero-order valence-electron chi connectivity index (χ0n) is 18.1. The number of nitrogens with two attached hydrogens (primary N) is 1. The first-order valence-electron chi connectivity index (χ1n) is 10.9. The van der Waals surface area contributed by atoms with Crippen molar-refractivity contribution in [2.24, 2.45) is 10.9 Å². The fourth-order valence-corrected chi connectivity index (χ4v) is 4.42. The molecule has 168 valence electrons. The standard InChI is InChI=1S/C17H24N4O3.C7H5N/c18-16(19-24)13-6-5-9-17(12-13,20-10-3-1-7-14(20)22)21-11-4-2-8-15(21)23;8-6-7-4-2-1-3-5-7/h5-6,9,24H,1-4,7-8,10-12H2,(H2,18,19);1-5H. The van der Waals surface area contributed by atoms with Gasteiger partial charge in [0, 0.05) is 37.9 Å².